The van der Waals surface area contributed by atoms with Crippen molar-refractivity contribution in [3.63, 3.8) is 0 Å². The molecule has 10 heteroatoms. The third kappa shape index (κ3) is 7.87. The van der Waals surface area contributed by atoms with Gasteiger partial charge in [0.05, 0.1) is 13.2 Å². The van der Waals surface area contributed by atoms with Crippen molar-refractivity contribution < 1.29 is 28.9 Å². The Labute approximate surface area is 336 Å². The summed E-state index contributed by atoms with van der Waals surface area (Å²) in [4.78, 5) is 32.2. The Morgan fingerprint density at radius 1 is 1.07 bits per heavy atom. The zero-order valence-electron chi connectivity index (χ0n) is 33.3. The molecule has 0 amide bonds. The molecule has 0 unspecified atom stereocenters. The summed E-state index contributed by atoms with van der Waals surface area (Å²) in [5, 5.41) is 14.8. The predicted molar refractivity (Wildman–Crippen MR) is 218 cm³/mol. The minimum absolute atomic E-state index is 0.0111. The number of carbonyl (C=O) groups is 2. The fraction of sp³-hybridized carbons (Fsp3) is 0.587. The molecule has 8 rings (SSSR count). The third-order valence-corrected chi connectivity index (χ3v) is 14.2. The molecule has 56 heavy (non-hydrogen) atoms. The standard InChI is InChI=1S/C46H58ClN3O6/c1-29(28-55-40-10-18-48-39-9-4-6-30(2)43(39)40)22-34-23-33-24-41-42(56-37(13-21-54-41)27-50-19-11-32(12-20-50)31(3)51)26-38(33)45(34)14-16-46(17-15-45,44(52)53)49-36-8-5-7-35(47)25-36/h5,7-8,10,18,24-26,29-30,32,34,37,49H,4,6,9,11-17,19-23,27-28H2,1-3H3,(H,52,53)/t29-,30-,34+,37-,45?,46?/m1/s1. The molecule has 1 aromatic heterocycles. The number of aryl methyl sites for hydroxylation is 1. The number of likely N-dealkylation sites (tertiary alicyclic amines) is 1. The van der Waals surface area contributed by atoms with Crippen LogP contribution in [-0.4, -0.2) is 71.2 Å². The molecule has 9 nitrogen and oxygen atoms in total. The Hall–Kier alpha value is -3.82. The second kappa shape index (κ2) is 16.2. The minimum atomic E-state index is -1.10. The average Bonchev–Trinajstić information content (AvgIpc) is 3.30. The monoisotopic (exact) mass is 783 g/mol. The number of fused-ring (bicyclic) bond motifs is 4. The fourth-order valence-electron chi connectivity index (χ4n) is 10.8. The van der Waals surface area contributed by atoms with E-state index in [9.17, 15) is 14.7 Å². The smallest absolute Gasteiger partial charge is 0.329 e. The van der Waals surface area contributed by atoms with E-state index in [0.717, 1.165) is 100 Å². The van der Waals surface area contributed by atoms with Crippen LogP contribution in [0.15, 0.2) is 48.7 Å². The van der Waals surface area contributed by atoms with Gasteiger partial charge < -0.3 is 24.6 Å². The molecule has 3 aliphatic carbocycles. The fourth-order valence-corrected chi connectivity index (χ4v) is 11.0. The zero-order valence-corrected chi connectivity index (χ0v) is 34.0. The number of benzene rings is 2. The van der Waals surface area contributed by atoms with Gasteiger partial charge in [-0.3, -0.25) is 14.7 Å². The van der Waals surface area contributed by atoms with Gasteiger partial charge in [-0.2, -0.15) is 0 Å². The Kier molecular flexibility index (Phi) is 11.3. The van der Waals surface area contributed by atoms with Gasteiger partial charge in [-0.1, -0.05) is 31.5 Å². The minimum Gasteiger partial charge on any atom is -0.493 e. The number of hydrogen-bond acceptors (Lipinski definition) is 8. The Morgan fingerprint density at radius 3 is 2.62 bits per heavy atom. The Balaban J connectivity index is 1.04. The molecule has 2 aromatic carbocycles. The summed E-state index contributed by atoms with van der Waals surface area (Å²) < 4.78 is 19.9. The molecule has 3 heterocycles. The van der Waals surface area contributed by atoms with Gasteiger partial charge in [-0.15, -0.1) is 0 Å². The van der Waals surface area contributed by atoms with Crippen LogP contribution in [0.25, 0.3) is 0 Å². The van der Waals surface area contributed by atoms with E-state index in [4.69, 9.17) is 25.8 Å². The first-order valence-electron chi connectivity index (χ1n) is 21.1. The largest absolute Gasteiger partial charge is 0.493 e. The number of halogens is 1. The van der Waals surface area contributed by atoms with Crippen molar-refractivity contribution in [2.24, 2.45) is 17.8 Å². The quantitative estimate of drug-likeness (QED) is 0.197. The highest BCUT2D eigenvalue weighted by atomic mass is 35.5. The number of aliphatic carboxylic acids is 1. The van der Waals surface area contributed by atoms with Crippen molar-refractivity contribution >= 4 is 29.0 Å². The highest BCUT2D eigenvalue weighted by molar-refractivity contribution is 6.30. The Morgan fingerprint density at radius 2 is 1.88 bits per heavy atom. The average molecular weight is 784 g/mol. The van der Waals surface area contributed by atoms with Crippen molar-refractivity contribution in [2.45, 2.75) is 121 Å². The summed E-state index contributed by atoms with van der Waals surface area (Å²) in [5.74, 6) is 3.26. The number of carbonyl (C=O) groups excluding carboxylic acids is 1. The summed E-state index contributed by atoms with van der Waals surface area (Å²) in [6.07, 6.45) is 12.2. The van der Waals surface area contributed by atoms with Gasteiger partial charge in [0, 0.05) is 47.0 Å². The van der Waals surface area contributed by atoms with Gasteiger partial charge in [0.1, 0.15) is 23.2 Å². The normalized spacial score (nSPS) is 28.2. The molecule has 2 fully saturated rings. The predicted octanol–water partition coefficient (Wildman–Crippen LogP) is 9.03. The molecule has 0 bridgehead atoms. The van der Waals surface area contributed by atoms with Gasteiger partial charge in [0.2, 0.25) is 0 Å². The lowest BCUT2D eigenvalue weighted by Crippen LogP contribution is -2.53. The maximum Gasteiger partial charge on any atom is 0.329 e. The number of nitrogens with zero attached hydrogens (tertiary/aromatic N) is 2. The molecule has 1 saturated heterocycles. The summed E-state index contributed by atoms with van der Waals surface area (Å²) >= 11 is 6.33. The van der Waals surface area contributed by atoms with E-state index in [-0.39, 0.29) is 23.4 Å². The van der Waals surface area contributed by atoms with Crippen LogP contribution in [-0.2, 0) is 27.8 Å². The molecule has 2 N–H and O–H groups in total. The number of anilines is 1. The molecular formula is C46H58ClN3O6. The van der Waals surface area contributed by atoms with E-state index in [1.807, 2.05) is 24.4 Å². The number of carboxylic acid groups (broad SMARTS) is 1. The topological polar surface area (TPSA) is 110 Å². The number of aromatic nitrogens is 1. The van der Waals surface area contributed by atoms with Crippen LogP contribution in [0.1, 0.15) is 113 Å². The lowest BCUT2D eigenvalue weighted by atomic mass is 9.59. The number of hydrogen-bond donors (Lipinski definition) is 2. The molecule has 1 spiro atoms. The second-order valence-corrected chi connectivity index (χ2v) is 18.1. The number of carboxylic acids is 1. The summed E-state index contributed by atoms with van der Waals surface area (Å²) in [7, 11) is 0. The number of rotatable bonds is 11. The van der Waals surface area contributed by atoms with Crippen molar-refractivity contribution in [2.75, 3.05) is 38.2 Å². The van der Waals surface area contributed by atoms with Crippen molar-refractivity contribution in [1.29, 1.82) is 0 Å². The van der Waals surface area contributed by atoms with Crippen LogP contribution in [0, 0.1) is 17.8 Å². The molecular weight excluding hydrogens is 726 g/mol. The highest BCUT2D eigenvalue weighted by Gasteiger charge is 2.54. The van der Waals surface area contributed by atoms with Crippen LogP contribution in [0.3, 0.4) is 0 Å². The van der Waals surface area contributed by atoms with E-state index in [0.29, 0.717) is 48.7 Å². The first kappa shape index (κ1) is 39.0. The number of ketones is 1. The van der Waals surface area contributed by atoms with Crippen LogP contribution in [0.2, 0.25) is 5.02 Å². The third-order valence-electron chi connectivity index (χ3n) is 14.0. The van der Waals surface area contributed by atoms with Gasteiger partial charge in [0.25, 0.3) is 0 Å². The van der Waals surface area contributed by atoms with E-state index < -0.39 is 11.5 Å². The van der Waals surface area contributed by atoms with Crippen LogP contribution in [0.4, 0.5) is 5.69 Å². The van der Waals surface area contributed by atoms with Gasteiger partial charge in [-0.05, 0) is 161 Å². The number of pyridine rings is 1. The number of Topliss-reactive ketones (excluding diaryl/α,β-unsaturated/α-hetero) is 1. The van der Waals surface area contributed by atoms with E-state index in [1.165, 1.54) is 28.8 Å². The van der Waals surface area contributed by atoms with Crippen LogP contribution >= 0.6 is 11.6 Å². The molecule has 1 saturated carbocycles. The molecule has 0 radical (unpaired) electrons. The first-order chi connectivity index (χ1) is 27.0. The van der Waals surface area contributed by atoms with Gasteiger partial charge in [0.15, 0.2) is 11.5 Å². The molecule has 3 aromatic rings. The number of piperidine rings is 1. The summed E-state index contributed by atoms with van der Waals surface area (Å²) in [6, 6.07) is 13.9. The maximum atomic E-state index is 13.1. The Bertz CT molecular complexity index is 1920. The van der Waals surface area contributed by atoms with Crippen molar-refractivity contribution in [1.82, 2.24) is 9.88 Å². The molecule has 4 atom stereocenters. The first-order valence-corrected chi connectivity index (χ1v) is 21.5. The van der Waals surface area contributed by atoms with E-state index in [1.54, 1.807) is 19.1 Å². The highest BCUT2D eigenvalue weighted by Crippen LogP contribution is 2.58. The summed E-state index contributed by atoms with van der Waals surface area (Å²) in [5.41, 5.74) is 4.46. The lowest BCUT2D eigenvalue weighted by Gasteiger charge is -2.47. The molecule has 300 valence electrons. The molecule has 5 aliphatic rings. The summed E-state index contributed by atoms with van der Waals surface area (Å²) in [6.45, 7) is 10.1. The van der Waals surface area contributed by atoms with Crippen molar-refractivity contribution in [3.05, 3.63) is 76.1 Å². The van der Waals surface area contributed by atoms with Crippen LogP contribution in [0.5, 0.6) is 17.2 Å². The number of ether oxygens (including phenoxy) is 3. The number of nitrogens with one attached hydrogen (secondary N) is 1. The SMILES string of the molecule is CC(=O)C1CCN(C[C@H]2CCOc3cc4c(cc3O2)C2(CCC(Nc3cccc(Cl)c3)(C(=O)O)CC2)[C@@H](C[C@@H](C)COc2ccnc3c2[C@H](C)CCC3)C4)CC1. The van der Waals surface area contributed by atoms with Gasteiger partial charge in [-0.25, -0.2) is 4.79 Å². The molecule has 2 aliphatic heterocycles. The zero-order chi connectivity index (χ0) is 39.0. The second-order valence-electron chi connectivity index (χ2n) is 17.7. The van der Waals surface area contributed by atoms with E-state index in [2.05, 4.69) is 41.2 Å². The van der Waals surface area contributed by atoms with Gasteiger partial charge >= 0.3 is 5.97 Å². The van der Waals surface area contributed by atoms with Crippen LogP contribution < -0.4 is 19.5 Å². The lowest BCUT2D eigenvalue weighted by molar-refractivity contribution is -0.144. The maximum absolute atomic E-state index is 13.1. The van der Waals surface area contributed by atoms with E-state index >= 15 is 0 Å². The van der Waals surface area contributed by atoms with Crippen molar-refractivity contribution in [3.8, 4) is 17.2 Å².